The van der Waals surface area contributed by atoms with Crippen LogP contribution in [-0.4, -0.2) is 40.4 Å². The van der Waals surface area contributed by atoms with Crippen LogP contribution in [0.15, 0.2) is 23.3 Å². The number of anilines is 1. The van der Waals surface area contributed by atoms with Crippen LogP contribution >= 0.6 is 0 Å². The number of carbonyl (C=O) groups is 1. The number of nitrogens with zero attached hydrogens (tertiary/aromatic N) is 4. The summed E-state index contributed by atoms with van der Waals surface area (Å²) < 4.78 is 0. The fourth-order valence-electron chi connectivity index (χ4n) is 2.45. The van der Waals surface area contributed by atoms with Crippen molar-refractivity contribution in [3.8, 4) is 6.07 Å². The molecule has 0 aromatic heterocycles. The van der Waals surface area contributed by atoms with Crippen LogP contribution in [0.1, 0.15) is 29.6 Å². The topological polar surface area (TPSA) is 162 Å². The molecule has 1 heterocycles. The highest BCUT2D eigenvalue weighted by atomic mass is 16.6. The van der Waals surface area contributed by atoms with Gasteiger partial charge in [-0.3, -0.25) is 25.7 Å². The standard InChI is InChI=1S/C15H17N7O3/c16-9-13(14(17)18)20-19-11-6-10(7-12(8-11)22(24)25)15(23)21-4-2-1-3-5-21/h6-8,19H,1-5H2,(H3,17,18)/b20-13+. The minimum Gasteiger partial charge on any atom is -0.382 e. The van der Waals surface area contributed by atoms with E-state index in [9.17, 15) is 14.9 Å². The number of hydrogen-bond acceptors (Lipinski definition) is 7. The lowest BCUT2D eigenvalue weighted by Crippen LogP contribution is -2.35. The highest BCUT2D eigenvalue weighted by molar-refractivity contribution is 6.45. The van der Waals surface area contributed by atoms with Crippen LogP contribution in [0, 0.1) is 26.9 Å². The molecule has 1 aromatic rings. The first-order valence-electron chi connectivity index (χ1n) is 7.59. The monoisotopic (exact) mass is 343 g/mol. The van der Waals surface area contributed by atoms with E-state index < -0.39 is 10.8 Å². The molecule has 0 atom stereocenters. The lowest BCUT2D eigenvalue weighted by Gasteiger charge is -2.26. The molecule has 0 unspecified atom stereocenters. The summed E-state index contributed by atoms with van der Waals surface area (Å²) in [6.45, 7) is 1.23. The van der Waals surface area contributed by atoms with E-state index in [1.165, 1.54) is 18.2 Å². The van der Waals surface area contributed by atoms with Gasteiger partial charge < -0.3 is 10.6 Å². The van der Waals surface area contributed by atoms with E-state index in [-0.39, 0.29) is 28.6 Å². The van der Waals surface area contributed by atoms with Gasteiger partial charge in [0, 0.05) is 30.8 Å². The van der Waals surface area contributed by atoms with Crippen LogP contribution in [0.2, 0.25) is 0 Å². The Hall–Kier alpha value is -3.48. The molecule has 1 saturated heterocycles. The van der Waals surface area contributed by atoms with Gasteiger partial charge >= 0.3 is 0 Å². The van der Waals surface area contributed by atoms with Crippen molar-refractivity contribution in [2.24, 2.45) is 10.8 Å². The van der Waals surface area contributed by atoms with Crippen LogP contribution in [0.25, 0.3) is 0 Å². The number of amides is 1. The normalized spacial score (nSPS) is 14.5. The third-order valence-corrected chi connectivity index (χ3v) is 3.68. The Morgan fingerprint density at radius 2 is 2.04 bits per heavy atom. The first-order valence-corrected chi connectivity index (χ1v) is 7.59. The Morgan fingerprint density at radius 1 is 1.36 bits per heavy atom. The Labute approximate surface area is 143 Å². The molecule has 10 nitrogen and oxygen atoms in total. The van der Waals surface area contributed by atoms with Gasteiger partial charge in [0.2, 0.25) is 5.71 Å². The second-order valence-electron chi connectivity index (χ2n) is 5.48. The van der Waals surface area contributed by atoms with Crippen LogP contribution < -0.4 is 11.2 Å². The molecule has 0 radical (unpaired) electrons. The van der Waals surface area contributed by atoms with E-state index in [1.54, 1.807) is 11.0 Å². The fraction of sp³-hybridized carbons (Fsp3) is 0.333. The van der Waals surface area contributed by atoms with E-state index in [1.807, 2.05) is 0 Å². The number of nitriles is 1. The average Bonchev–Trinajstić information content (AvgIpc) is 2.61. The molecule has 4 N–H and O–H groups in total. The molecular weight excluding hydrogens is 326 g/mol. The highest BCUT2D eigenvalue weighted by Gasteiger charge is 2.21. The maximum atomic E-state index is 12.6. The van der Waals surface area contributed by atoms with Crippen LogP contribution in [-0.2, 0) is 0 Å². The van der Waals surface area contributed by atoms with Crippen molar-refractivity contribution < 1.29 is 9.72 Å². The summed E-state index contributed by atoms with van der Waals surface area (Å²) in [5.74, 6) is -0.826. The summed E-state index contributed by atoms with van der Waals surface area (Å²) in [4.78, 5) is 24.7. The molecule has 0 bridgehead atoms. The van der Waals surface area contributed by atoms with Crippen LogP contribution in [0.5, 0.6) is 0 Å². The van der Waals surface area contributed by atoms with E-state index in [0.29, 0.717) is 13.1 Å². The van der Waals surface area contributed by atoms with E-state index in [2.05, 4.69) is 10.5 Å². The summed E-state index contributed by atoms with van der Waals surface area (Å²) in [7, 11) is 0. The van der Waals surface area contributed by atoms with Crippen molar-refractivity contribution in [2.45, 2.75) is 19.3 Å². The zero-order valence-electron chi connectivity index (χ0n) is 13.4. The van der Waals surface area contributed by atoms with E-state index in [4.69, 9.17) is 16.4 Å². The smallest absolute Gasteiger partial charge is 0.272 e. The molecule has 0 spiro atoms. The second-order valence-corrected chi connectivity index (χ2v) is 5.48. The number of benzene rings is 1. The van der Waals surface area contributed by atoms with Gasteiger partial charge in [0.1, 0.15) is 6.07 Å². The number of nitro benzene ring substituents is 1. The molecule has 10 heteroatoms. The summed E-state index contributed by atoms with van der Waals surface area (Å²) in [6.07, 6.45) is 2.86. The number of nitrogens with one attached hydrogen (secondary N) is 2. The molecule has 1 aliphatic heterocycles. The highest BCUT2D eigenvalue weighted by Crippen LogP contribution is 2.23. The van der Waals surface area contributed by atoms with E-state index in [0.717, 1.165) is 19.3 Å². The van der Waals surface area contributed by atoms with Crippen molar-refractivity contribution in [1.82, 2.24) is 4.90 Å². The molecular formula is C15H17N7O3. The van der Waals surface area contributed by atoms with Gasteiger partial charge in [-0.25, -0.2) is 0 Å². The molecule has 1 aliphatic rings. The van der Waals surface area contributed by atoms with Gasteiger partial charge in [-0.2, -0.15) is 10.4 Å². The first-order chi connectivity index (χ1) is 11.9. The number of hydrazone groups is 1. The van der Waals surface area contributed by atoms with Crippen LogP contribution in [0.3, 0.4) is 0 Å². The number of hydrogen-bond donors (Lipinski definition) is 3. The third-order valence-electron chi connectivity index (χ3n) is 3.68. The lowest BCUT2D eigenvalue weighted by atomic mass is 10.1. The second kappa shape index (κ2) is 7.87. The predicted octanol–water partition coefficient (Wildman–Crippen LogP) is 1.45. The molecule has 1 aromatic carbocycles. The Balaban J connectivity index is 2.33. The van der Waals surface area contributed by atoms with Crippen molar-refractivity contribution in [3.63, 3.8) is 0 Å². The van der Waals surface area contributed by atoms with Crippen molar-refractivity contribution >= 4 is 28.8 Å². The summed E-state index contributed by atoms with van der Waals surface area (Å²) in [5.41, 5.74) is 7.30. The SMILES string of the molecule is N#C/C(=N\Nc1cc(C(=O)N2CCCCC2)cc([N+](=O)[O-])c1)C(=N)N. The zero-order valence-corrected chi connectivity index (χ0v) is 13.4. The molecule has 0 aliphatic carbocycles. The molecule has 0 saturated carbocycles. The quantitative estimate of drug-likeness (QED) is 0.317. The fourth-order valence-corrected chi connectivity index (χ4v) is 2.45. The van der Waals surface area contributed by atoms with Gasteiger partial charge in [-0.15, -0.1) is 0 Å². The first kappa shape index (κ1) is 17.9. The van der Waals surface area contributed by atoms with Crippen molar-refractivity contribution in [2.75, 3.05) is 18.5 Å². The summed E-state index contributed by atoms with van der Waals surface area (Å²) in [5, 5.41) is 30.8. The number of nitro groups is 1. The maximum Gasteiger partial charge on any atom is 0.272 e. The Morgan fingerprint density at radius 3 is 2.60 bits per heavy atom. The molecule has 1 fully saturated rings. The molecule has 2 rings (SSSR count). The number of nitrogens with two attached hydrogens (primary N) is 1. The zero-order chi connectivity index (χ0) is 18.4. The lowest BCUT2D eigenvalue weighted by molar-refractivity contribution is -0.384. The van der Waals surface area contributed by atoms with Gasteiger partial charge in [0.15, 0.2) is 5.84 Å². The third kappa shape index (κ3) is 4.51. The Bertz CT molecular complexity index is 776. The van der Waals surface area contributed by atoms with E-state index >= 15 is 0 Å². The summed E-state index contributed by atoms with van der Waals surface area (Å²) in [6, 6.07) is 5.44. The van der Waals surface area contributed by atoms with Crippen molar-refractivity contribution in [1.29, 1.82) is 10.7 Å². The van der Waals surface area contributed by atoms with Crippen LogP contribution in [0.4, 0.5) is 11.4 Å². The molecule has 1 amide bonds. The molecule has 25 heavy (non-hydrogen) atoms. The molecule has 130 valence electrons. The number of amidine groups is 1. The largest absolute Gasteiger partial charge is 0.382 e. The minimum absolute atomic E-state index is 0.156. The number of rotatable bonds is 5. The van der Waals surface area contributed by atoms with Gasteiger partial charge in [-0.1, -0.05) is 0 Å². The maximum absolute atomic E-state index is 12.6. The van der Waals surface area contributed by atoms with Gasteiger partial charge in [-0.05, 0) is 25.3 Å². The number of carbonyl (C=O) groups excluding carboxylic acids is 1. The minimum atomic E-state index is -0.613. The summed E-state index contributed by atoms with van der Waals surface area (Å²) >= 11 is 0. The van der Waals surface area contributed by atoms with Crippen molar-refractivity contribution in [3.05, 3.63) is 33.9 Å². The van der Waals surface area contributed by atoms with Gasteiger partial charge in [0.25, 0.3) is 11.6 Å². The Kier molecular flexibility index (Phi) is 5.62. The average molecular weight is 343 g/mol. The number of piperidine rings is 1. The number of likely N-dealkylation sites (tertiary alicyclic amines) is 1. The predicted molar refractivity (Wildman–Crippen MR) is 91.4 cm³/mol. The number of non-ortho nitro benzene ring substituents is 1. The van der Waals surface area contributed by atoms with Gasteiger partial charge in [0.05, 0.1) is 10.6 Å².